The van der Waals surface area contributed by atoms with Gasteiger partial charge in [-0.1, -0.05) is 66.7 Å². The van der Waals surface area contributed by atoms with Crippen LogP contribution in [0.1, 0.15) is 39.0 Å². The summed E-state index contributed by atoms with van der Waals surface area (Å²) >= 11 is 0. The molecule has 3 aromatic carbocycles. The van der Waals surface area contributed by atoms with E-state index in [4.69, 9.17) is 0 Å². The Hall–Kier alpha value is -4.00. The minimum absolute atomic E-state index is 0.164. The van der Waals surface area contributed by atoms with Gasteiger partial charge in [0.25, 0.3) is 0 Å². The molecule has 0 N–H and O–H groups in total. The van der Waals surface area contributed by atoms with Gasteiger partial charge in [0.15, 0.2) is 5.78 Å². The van der Waals surface area contributed by atoms with Crippen molar-refractivity contribution in [3.8, 4) is 0 Å². The predicted molar refractivity (Wildman–Crippen MR) is 127 cm³/mol. The first kappa shape index (κ1) is 20.9. The van der Waals surface area contributed by atoms with Crippen LogP contribution in [0.5, 0.6) is 0 Å². The summed E-state index contributed by atoms with van der Waals surface area (Å²) in [4.78, 5) is 28.1. The normalized spacial score (nSPS) is 23.0. The lowest BCUT2D eigenvalue weighted by Gasteiger charge is -2.30. The number of anilines is 1. The van der Waals surface area contributed by atoms with Crippen LogP contribution in [0.4, 0.5) is 5.69 Å². The predicted octanol–water partition coefficient (Wildman–Crippen LogP) is 4.14. The summed E-state index contributed by atoms with van der Waals surface area (Å²) in [5.74, 6) is -0.819. The lowest BCUT2D eigenvalue weighted by molar-refractivity contribution is -0.529. The summed E-state index contributed by atoms with van der Waals surface area (Å²) in [5, 5.41) is 18.8. The summed E-state index contributed by atoms with van der Waals surface area (Å²) in [6.07, 6.45) is 1.70. The first-order chi connectivity index (χ1) is 16.0. The number of carbonyl (C=O) groups excluding carboxylic acids is 1. The molecule has 0 amide bonds. The zero-order chi connectivity index (χ0) is 23.1. The molecule has 3 aromatic rings. The molecule has 0 spiro atoms. The van der Waals surface area contributed by atoms with Crippen molar-refractivity contribution in [3.63, 3.8) is 0 Å². The molecular formula is C26H24N4O3. The highest BCUT2D eigenvalue weighted by molar-refractivity contribution is 6.01. The van der Waals surface area contributed by atoms with Crippen molar-refractivity contribution < 1.29 is 9.72 Å². The Kier molecular flexibility index (Phi) is 5.17. The molecule has 0 aromatic heterocycles. The topological polar surface area (TPSA) is 79.0 Å². The average molecular weight is 441 g/mol. The van der Waals surface area contributed by atoms with E-state index in [2.05, 4.69) is 5.10 Å². The van der Waals surface area contributed by atoms with Crippen LogP contribution in [0.15, 0.2) is 84.0 Å². The molecule has 7 heteroatoms. The van der Waals surface area contributed by atoms with Crippen LogP contribution in [0, 0.1) is 10.1 Å². The summed E-state index contributed by atoms with van der Waals surface area (Å²) < 4.78 is 0. The van der Waals surface area contributed by atoms with E-state index in [0.717, 1.165) is 22.4 Å². The number of hydrazone groups is 1. The van der Waals surface area contributed by atoms with Gasteiger partial charge < -0.3 is 4.90 Å². The van der Waals surface area contributed by atoms with Crippen molar-refractivity contribution in [2.24, 2.45) is 5.10 Å². The molecule has 0 aliphatic carbocycles. The Labute approximate surface area is 192 Å². The first-order valence-electron chi connectivity index (χ1n) is 10.9. The van der Waals surface area contributed by atoms with Gasteiger partial charge in [0, 0.05) is 35.8 Å². The molecule has 4 atom stereocenters. The third kappa shape index (κ3) is 3.46. The number of benzene rings is 3. The van der Waals surface area contributed by atoms with Gasteiger partial charge in [0.2, 0.25) is 6.04 Å². The van der Waals surface area contributed by atoms with Crippen molar-refractivity contribution >= 4 is 17.7 Å². The van der Waals surface area contributed by atoms with Crippen LogP contribution in [-0.2, 0) is 0 Å². The highest BCUT2D eigenvalue weighted by Crippen LogP contribution is 2.49. The van der Waals surface area contributed by atoms with Crippen LogP contribution < -0.4 is 4.90 Å². The zero-order valence-electron chi connectivity index (χ0n) is 18.4. The zero-order valence-corrected chi connectivity index (χ0v) is 18.4. The van der Waals surface area contributed by atoms with E-state index in [1.54, 1.807) is 35.5 Å². The fraction of sp³-hybridized carbons (Fsp3) is 0.231. The van der Waals surface area contributed by atoms with Crippen molar-refractivity contribution in [3.05, 3.63) is 111 Å². The Morgan fingerprint density at radius 2 is 1.64 bits per heavy atom. The highest BCUT2D eigenvalue weighted by atomic mass is 16.6. The van der Waals surface area contributed by atoms with Crippen LogP contribution in [0.2, 0.25) is 0 Å². The SMILES string of the molecule is CN(C)c1ccc([C@H]2[C@@H]([N+](=O)[O-])[C@@H]3c4ccccc4C=NN3[C@H]2C(=O)c2ccccc2)cc1. The number of carbonyl (C=O) groups is 1. The lowest BCUT2D eigenvalue weighted by Crippen LogP contribution is -2.38. The van der Waals surface area contributed by atoms with E-state index in [9.17, 15) is 14.9 Å². The molecule has 2 heterocycles. The fourth-order valence-electron chi connectivity index (χ4n) is 5.05. The molecule has 0 bridgehead atoms. The van der Waals surface area contributed by atoms with Crippen LogP contribution in [0.3, 0.4) is 0 Å². The van der Waals surface area contributed by atoms with E-state index in [1.165, 1.54) is 0 Å². The summed E-state index contributed by atoms with van der Waals surface area (Å²) in [7, 11) is 3.89. The summed E-state index contributed by atoms with van der Waals surface area (Å²) in [6, 6.07) is 21.8. The van der Waals surface area contributed by atoms with Gasteiger partial charge in [-0.25, -0.2) is 0 Å². The minimum atomic E-state index is -1.02. The van der Waals surface area contributed by atoms with E-state index in [1.807, 2.05) is 73.6 Å². The summed E-state index contributed by atoms with van der Waals surface area (Å²) in [5.41, 5.74) is 3.95. The Morgan fingerprint density at radius 3 is 2.30 bits per heavy atom. The van der Waals surface area contributed by atoms with E-state index >= 15 is 0 Å². The number of Topliss-reactive ketones (excluding diaryl/α,β-unsaturated/α-hetero) is 1. The minimum Gasteiger partial charge on any atom is -0.378 e. The maximum absolute atomic E-state index is 13.8. The van der Waals surface area contributed by atoms with Crippen LogP contribution >= 0.6 is 0 Å². The highest BCUT2D eigenvalue weighted by Gasteiger charge is 2.60. The van der Waals surface area contributed by atoms with Crippen LogP contribution in [0.25, 0.3) is 0 Å². The molecule has 1 fully saturated rings. The first-order valence-corrected chi connectivity index (χ1v) is 10.9. The summed E-state index contributed by atoms with van der Waals surface area (Å²) in [6.45, 7) is 0. The molecule has 0 unspecified atom stereocenters. The van der Waals surface area contributed by atoms with Gasteiger partial charge in [-0.05, 0) is 23.3 Å². The van der Waals surface area contributed by atoms with Gasteiger partial charge in [0.05, 0.1) is 12.1 Å². The molecule has 7 nitrogen and oxygen atoms in total. The van der Waals surface area contributed by atoms with Gasteiger partial charge >= 0.3 is 0 Å². The molecule has 5 rings (SSSR count). The van der Waals surface area contributed by atoms with Crippen LogP contribution in [-0.4, -0.2) is 48.1 Å². The molecule has 2 aliphatic rings. The van der Waals surface area contributed by atoms with Gasteiger partial charge in [-0.3, -0.25) is 19.9 Å². The molecular weight excluding hydrogens is 416 g/mol. The van der Waals surface area contributed by atoms with E-state index in [-0.39, 0.29) is 10.7 Å². The average Bonchev–Trinajstić information content (AvgIpc) is 3.20. The molecule has 166 valence electrons. The maximum atomic E-state index is 13.8. The number of hydrogen-bond acceptors (Lipinski definition) is 6. The standard InChI is InChI=1S/C26H24N4O3/c1-28(2)20-14-12-17(13-15-20)22-24(30(32)33)23-21-11-7-6-10-19(21)16-27-29(23)25(22)26(31)18-8-4-3-5-9-18/h3-16,22-25H,1-2H3/t22-,23-,24+,25+/m0/s1. The van der Waals surface area contributed by atoms with Gasteiger partial charge in [-0.15, -0.1) is 0 Å². The number of nitrogens with zero attached hydrogens (tertiary/aromatic N) is 4. The van der Waals surface area contributed by atoms with Crippen molar-refractivity contribution in [1.82, 2.24) is 5.01 Å². The number of fused-ring (bicyclic) bond motifs is 3. The Balaban J connectivity index is 1.68. The molecule has 0 radical (unpaired) electrons. The third-order valence-electron chi connectivity index (χ3n) is 6.61. The van der Waals surface area contributed by atoms with Gasteiger partial charge in [-0.2, -0.15) is 5.10 Å². The lowest BCUT2D eigenvalue weighted by atomic mass is 9.82. The monoisotopic (exact) mass is 440 g/mol. The maximum Gasteiger partial charge on any atom is 0.248 e. The number of rotatable bonds is 5. The quantitative estimate of drug-likeness (QED) is 0.339. The smallest absolute Gasteiger partial charge is 0.248 e. The Bertz CT molecular complexity index is 1220. The van der Waals surface area contributed by atoms with Gasteiger partial charge in [0.1, 0.15) is 12.1 Å². The molecule has 1 saturated heterocycles. The second-order valence-corrected chi connectivity index (χ2v) is 8.66. The number of nitro groups is 1. The number of ketones is 1. The third-order valence-corrected chi connectivity index (χ3v) is 6.61. The fourth-order valence-corrected chi connectivity index (χ4v) is 5.05. The Morgan fingerprint density at radius 1 is 0.970 bits per heavy atom. The van der Waals surface area contributed by atoms with Crippen molar-refractivity contribution in [2.45, 2.75) is 24.0 Å². The second kappa shape index (κ2) is 8.16. The molecule has 0 saturated carbocycles. The largest absolute Gasteiger partial charge is 0.378 e. The van der Waals surface area contributed by atoms with Crippen molar-refractivity contribution in [2.75, 3.05) is 19.0 Å². The van der Waals surface area contributed by atoms with Crippen molar-refractivity contribution in [1.29, 1.82) is 0 Å². The molecule has 33 heavy (non-hydrogen) atoms. The number of hydrogen-bond donors (Lipinski definition) is 0. The van der Waals surface area contributed by atoms with E-state index < -0.39 is 24.0 Å². The molecule has 2 aliphatic heterocycles. The second-order valence-electron chi connectivity index (χ2n) is 8.66. The van der Waals surface area contributed by atoms with E-state index in [0.29, 0.717) is 5.56 Å².